The van der Waals surface area contributed by atoms with Gasteiger partial charge in [0.15, 0.2) is 0 Å². The van der Waals surface area contributed by atoms with Gasteiger partial charge in [-0.05, 0) is 42.3 Å². The Hall–Kier alpha value is -1.97. The minimum atomic E-state index is -0.120. The Balaban J connectivity index is 1.64. The molecule has 5 heteroatoms. The van der Waals surface area contributed by atoms with Crippen molar-refractivity contribution in [1.82, 2.24) is 10.3 Å². The van der Waals surface area contributed by atoms with Crippen molar-refractivity contribution in [3.63, 3.8) is 0 Å². The van der Waals surface area contributed by atoms with E-state index in [1.807, 2.05) is 24.4 Å². The zero-order valence-electron chi connectivity index (χ0n) is 11.7. The molecule has 0 aliphatic carbocycles. The van der Waals surface area contributed by atoms with E-state index in [-0.39, 0.29) is 5.91 Å². The predicted octanol–water partition coefficient (Wildman–Crippen LogP) is 4.45. The van der Waals surface area contributed by atoms with E-state index in [1.54, 1.807) is 24.3 Å². The fourth-order valence-electron chi connectivity index (χ4n) is 2.41. The molecule has 1 amide bonds. The summed E-state index contributed by atoms with van der Waals surface area (Å²) in [4.78, 5) is 15.2. The molecule has 112 valence electrons. The molecule has 3 aromatic rings. The van der Waals surface area contributed by atoms with Gasteiger partial charge in [0, 0.05) is 39.3 Å². The number of aromatic amines is 1. The van der Waals surface area contributed by atoms with Gasteiger partial charge in [0.25, 0.3) is 5.91 Å². The van der Waals surface area contributed by atoms with E-state index in [1.165, 1.54) is 0 Å². The highest BCUT2D eigenvalue weighted by Crippen LogP contribution is 2.22. The Bertz CT molecular complexity index is 826. The van der Waals surface area contributed by atoms with E-state index in [2.05, 4.69) is 10.3 Å². The van der Waals surface area contributed by atoms with E-state index in [0.29, 0.717) is 22.2 Å². The molecule has 0 unspecified atom stereocenters. The first-order valence-electron chi connectivity index (χ1n) is 6.93. The number of hydrogen-bond acceptors (Lipinski definition) is 1. The number of benzene rings is 2. The first-order chi connectivity index (χ1) is 10.6. The summed E-state index contributed by atoms with van der Waals surface area (Å²) >= 11 is 11.9. The number of nitrogens with one attached hydrogen (secondary N) is 2. The van der Waals surface area contributed by atoms with Crippen molar-refractivity contribution in [2.45, 2.75) is 6.42 Å². The van der Waals surface area contributed by atoms with Gasteiger partial charge in [-0.2, -0.15) is 0 Å². The average molecular weight is 333 g/mol. The molecule has 0 aliphatic heterocycles. The molecular formula is C17H14Cl2N2O. The quantitative estimate of drug-likeness (QED) is 0.728. The van der Waals surface area contributed by atoms with Crippen LogP contribution in [0.4, 0.5) is 0 Å². The van der Waals surface area contributed by atoms with Crippen molar-refractivity contribution in [3.8, 4) is 0 Å². The van der Waals surface area contributed by atoms with Gasteiger partial charge in [0.1, 0.15) is 0 Å². The molecule has 2 aromatic carbocycles. The van der Waals surface area contributed by atoms with Crippen molar-refractivity contribution >= 4 is 40.0 Å². The van der Waals surface area contributed by atoms with Crippen LogP contribution >= 0.6 is 23.2 Å². The molecule has 0 fully saturated rings. The number of H-pyrrole nitrogens is 1. The van der Waals surface area contributed by atoms with Gasteiger partial charge in [0.2, 0.25) is 0 Å². The largest absolute Gasteiger partial charge is 0.361 e. The average Bonchev–Trinajstić information content (AvgIpc) is 2.89. The lowest BCUT2D eigenvalue weighted by atomic mass is 10.1. The van der Waals surface area contributed by atoms with Gasteiger partial charge in [-0.15, -0.1) is 0 Å². The highest BCUT2D eigenvalue weighted by Gasteiger charge is 2.07. The molecule has 1 aromatic heterocycles. The minimum Gasteiger partial charge on any atom is -0.361 e. The lowest BCUT2D eigenvalue weighted by Gasteiger charge is -2.05. The van der Waals surface area contributed by atoms with Crippen LogP contribution in [-0.4, -0.2) is 17.4 Å². The number of fused-ring (bicyclic) bond motifs is 1. The van der Waals surface area contributed by atoms with Crippen molar-refractivity contribution in [1.29, 1.82) is 0 Å². The third-order valence-electron chi connectivity index (χ3n) is 3.50. The third kappa shape index (κ3) is 3.26. The summed E-state index contributed by atoms with van der Waals surface area (Å²) in [6.45, 7) is 0.556. The molecule has 0 aliphatic rings. The maximum Gasteiger partial charge on any atom is 0.251 e. The molecule has 2 N–H and O–H groups in total. The highest BCUT2D eigenvalue weighted by molar-refractivity contribution is 6.31. The molecule has 22 heavy (non-hydrogen) atoms. The van der Waals surface area contributed by atoms with Crippen LogP contribution < -0.4 is 5.32 Å². The van der Waals surface area contributed by atoms with Gasteiger partial charge in [-0.3, -0.25) is 4.79 Å². The van der Waals surface area contributed by atoms with Crippen molar-refractivity contribution in [2.75, 3.05) is 6.54 Å². The van der Waals surface area contributed by atoms with Crippen LogP contribution in [0.15, 0.2) is 48.7 Å². The molecule has 0 spiro atoms. The van der Waals surface area contributed by atoms with Crippen LogP contribution in [0.5, 0.6) is 0 Å². The second-order valence-electron chi connectivity index (χ2n) is 5.02. The predicted molar refractivity (Wildman–Crippen MR) is 90.8 cm³/mol. The van der Waals surface area contributed by atoms with Crippen LogP contribution in [-0.2, 0) is 6.42 Å². The van der Waals surface area contributed by atoms with Gasteiger partial charge in [-0.1, -0.05) is 35.3 Å². The van der Waals surface area contributed by atoms with E-state index < -0.39 is 0 Å². The summed E-state index contributed by atoms with van der Waals surface area (Å²) in [5.74, 6) is -0.120. The van der Waals surface area contributed by atoms with E-state index in [9.17, 15) is 4.79 Å². The molecule has 0 saturated heterocycles. The van der Waals surface area contributed by atoms with Crippen LogP contribution in [0.1, 0.15) is 15.9 Å². The van der Waals surface area contributed by atoms with Crippen LogP contribution in [0.25, 0.3) is 10.9 Å². The lowest BCUT2D eigenvalue weighted by molar-refractivity contribution is 0.0954. The SMILES string of the molecule is O=C(NCCc1c[nH]c2cc(Cl)ccc12)c1cccc(Cl)c1. The lowest BCUT2D eigenvalue weighted by Crippen LogP contribution is -2.25. The Labute approximate surface area is 138 Å². The normalized spacial score (nSPS) is 10.8. The Morgan fingerprint density at radius 1 is 1.09 bits per heavy atom. The highest BCUT2D eigenvalue weighted by atomic mass is 35.5. The number of amides is 1. The van der Waals surface area contributed by atoms with Crippen molar-refractivity contribution in [2.24, 2.45) is 0 Å². The summed E-state index contributed by atoms with van der Waals surface area (Å²) in [7, 11) is 0. The molecule has 0 atom stereocenters. The Morgan fingerprint density at radius 3 is 2.73 bits per heavy atom. The summed E-state index contributed by atoms with van der Waals surface area (Å²) in [6, 6.07) is 12.7. The number of halogens is 2. The zero-order valence-corrected chi connectivity index (χ0v) is 13.2. The number of carbonyl (C=O) groups excluding carboxylic acids is 1. The molecular weight excluding hydrogens is 319 g/mol. The topological polar surface area (TPSA) is 44.9 Å². The molecule has 3 rings (SSSR count). The summed E-state index contributed by atoms with van der Waals surface area (Å²) < 4.78 is 0. The summed E-state index contributed by atoms with van der Waals surface area (Å²) in [5.41, 5.74) is 2.72. The molecule has 0 saturated carbocycles. The maximum atomic E-state index is 12.0. The molecule has 1 heterocycles. The fraction of sp³-hybridized carbons (Fsp3) is 0.118. The van der Waals surface area contributed by atoms with Gasteiger partial charge >= 0.3 is 0 Å². The van der Waals surface area contributed by atoms with Gasteiger partial charge < -0.3 is 10.3 Å². The summed E-state index contributed by atoms with van der Waals surface area (Å²) in [6.07, 6.45) is 2.69. The monoisotopic (exact) mass is 332 g/mol. The number of hydrogen-bond donors (Lipinski definition) is 2. The molecule has 0 bridgehead atoms. The maximum absolute atomic E-state index is 12.0. The Kier molecular flexibility index (Phi) is 4.36. The molecule has 0 radical (unpaired) electrons. The smallest absolute Gasteiger partial charge is 0.251 e. The minimum absolute atomic E-state index is 0.120. The number of carbonyl (C=O) groups is 1. The van der Waals surface area contributed by atoms with Crippen LogP contribution in [0.3, 0.4) is 0 Å². The van der Waals surface area contributed by atoms with E-state index in [4.69, 9.17) is 23.2 Å². The van der Waals surface area contributed by atoms with E-state index >= 15 is 0 Å². The van der Waals surface area contributed by atoms with Crippen LogP contribution in [0, 0.1) is 0 Å². The zero-order chi connectivity index (χ0) is 15.5. The van der Waals surface area contributed by atoms with Crippen molar-refractivity contribution < 1.29 is 4.79 Å². The fourth-order valence-corrected chi connectivity index (χ4v) is 2.77. The van der Waals surface area contributed by atoms with Gasteiger partial charge in [0.05, 0.1) is 0 Å². The first kappa shape index (κ1) is 14.9. The standard InChI is InChI=1S/C17H14Cl2N2O/c18-13-3-1-2-11(8-13)17(22)20-7-6-12-10-21-16-9-14(19)4-5-15(12)16/h1-5,8-10,21H,6-7H2,(H,20,22). The molecule has 3 nitrogen and oxygen atoms in total. The second-order valence-corrected chi connectivity index (χ2v) is 5.89. The summed E-state index contributed by atoms with van der Waals surface area (Å²) in [5, 5.41) is 5.29. The Morgan fingerprint density at radius 2 is 1.91 bits per heavy atom. The third-order valence-corrected chi connectivity index (χ3v) is 3.97. The first-order valence-corrected chi connectivity index (χ1v) is 7.68. The van der Waals surface area contributed by atoms with E-state index in [0.717, 1.165) is 22.9 Å². The number of aromatic nitrogens is 1. The van der Waals surface area contributed by atoms with Crippen molar-refractivity contribution in [3.05, 3.63) is 69.8 Å². The number of rotatable bonds is 4. The second kappa shape index (κ2) is 6.42. The van der Waals surface area contributed by atoms with Crippen LogP contribution in [0.2, 0.25) is 10.0 Å². The van der Waals surface area contributed by atoms with Gasteiger partial charge in [-0.25, -0.2) is 0 Å².